The largest absolute Gasteiger partial charge is 0.381 e. The van der Waals surface area contributed by atoms with Crippen molar-refractivity contribution in [1.29, 1.82) is 0 Å². The Hall–Kier alpha value is -0.610. The molecular formula is C13H26N2O2. The molecule has 0 bridgehead atoms. The molecule has 2 N–H and O–H groups in total. The van der Waals surface area contributed by atoms with E-state index in [4.69, 9.17) is 4.74 Å². The molecule has 4 heteroatoms. The summed E-state index contributed by atoms with van der Waals surface area (Å²) < 4.78 is 5.41. The maximum atomic E-state index is 11.8. The molecule has 4 nitrogen and oxygen atoms in total. The lowest BCUT2D eigenvalue weighted by Crippen LogP contribution is -2.47. The van der Waals surface area contributed by atoms with Gasteiger partial charge in [0.15, 0.2) is 0 Å². The third-order valence-electron chi connectivity index (χ3n) is 3.02. The molecule has 2 atom stereocenters. The van der Waals surface area contributed by atoms with Crippen LogP contribution < -0.4 is 10.6 Å². The van der Waals surface area contributed by atoms with Gasteiger partial charge in [0, 0.05) is 25.8 Å². The summed E-state index contributed by atoms with van der Waals surface area (Å²) in [6.07, 6.45) is 3.18. The average Bonchev–Trinajstić information content (AvgIpc) is 2.54. The Morgan fingerprint density at radius 3 is 2.76 bits per heavy atom. The SMILES string of the molecule is CC(C)CNC(=O)C(C)NC1CCCOCC1. The van der Waals surface area contributed by atoms with Crippen molar-refractivity contribution >= 4 is 5.91 Å². The van der Waals surface area contributed by atoms with Gasteiger partial charge in [-0.15, -0.1) is 0 Å². The fraction of sp³-hybridized carbons (Fsp3) is 0.923. The van der Waals surface area contributed by atoms with Gasteiger partial charge >= 0.3 is 0 Å². The minimum absolute atomic E-state index is 0.101. The Balaban J connectivity index is 2.26. The predicted molar refractivity (Wildman–Crippen MR) is 68.9 cm³/mol. The number of carbonyl (C=O) groups is 1. The molecule has 0 aliphatic carbocycles. The molecule has 1 aliphatic rings. The second kappa shape index (κ2) is 7.67. The summed E-state index contributed by atoms with van der Waals surface area (Å²) in [5.41, 5.74) is 0. The quantitative estimate of drug-likeness (QED) is 0.764. The van der Waals surface area contributed by atoms with E-state index in [-0.39, 0.29) is 11.9 Å². The molecule has 1 rings (SSSR count). The molecule has 0 aromatic carbocycles. The molecule has 1 aliphatic heterocycles. The van der Waals surface area contributed by atoms with Gasteiger partial charge in [-0.05, 0) is 32.1 Å². The highest BCUT2D eigenvalue weighted by atomic mass is 16.5. The number of rotatable bonds is 5. The van der Waals surface area contributed by atoms with Gasteiger partial charge < -0.3 is 15.4 Å². The molecular weight excluding hydrogens is 216 g/mol. The smallest absolute Gasteiger partial charge is 0.236 e. The van der Waals surface area contributed by atoms with Crippen LogP contribution in [-0.4, -0.2) is 37.7 Å². The van der Waals surface area contributed by atoms with Gasteiger partial charge in [0.05, 0.1) is 6.04 Å². The number of carbonyl (C=O) groups excluding carboxylic acids is 1. The average molecular weight is 242 g/mol. The Labute approximate surface area is 104 Å². The van der Waals surface area contributed by atoms with Crippen LogP contribution in [0.5, 0.6) is 0 Å². The van der Waals surface area contributed by atoms with Crippen molar-refractivity contribution in [2.75, 3.05) is 19.8 Å². The molecule has 100 valence electrons. The zero-order valence-electron chi connectivity index (χ0n) is 11.3. The number of amides is 1. The zero-order valence-corrected chi connectivity index (χ0v) is 11.3. The second-order valence-electron chi connectivity index (χ2n) is 5.27. The molecule has 1 fully saturated rings. The van der Waals surface area contributed by atoms with Crippen molar-refractivity contribution in [3.05, 3.63) is 0 Å². The predicted octanol–water partition coefficient (Wildman–Crippen LogP) is 1.31. The summed E-state index contributed by atoms with van der Waals surface area (Å²) in [6.45, 7) is 8.53. The fourth-order valence-corrected chi connectivity index (χ4v) is 1.96. The van der Waals surface area contributed by atoms with Crippen LogP contribution in [0, 0.1) is 5.92 Å². The van der Waals surface area contributed by atoms with Crippen molar-refractivity contribution in [3.63, 3.8) is 0 Å². The van der Waals surface area contributed by atoms with Gasteiger partial charge in [-0.1, -0.05) is 13.8 Å². The van der Waals surface area contributed by atoms with Crippen LogP contribution in [0.3, 0.4) is 0 Å². The van der Waals surface area contributed by atoms with Crippen LogP contribution in [0.4, 0.5) is 0 Å². The zero-order chi connectivity index (χ0) is 12.7. The maximum Gasteiger partial charge on any atom is 0.236 e. The lowest BCUT2D eigenvalue weighted by atomic mass is 10.1. The summed E-state index contributed by atoms with van der Waals surface area (Å²) in [4.78, 5) is 11.8. The number of ether oxygens (including phenoxy) is 1. The van der Waals surface area contributed by atoms with E-state index in [1.165, 1.54) is 0 Å². The van der Waals surface area contributed by atoms with Crippen LogP contribution in [-0.2, 0) is 9.53 Å². The molecule has 1 amide bonds. The summed E-state index contributed by atoms with van der Waals surface area (Å²) in [7, 11) is 0. The van der Waals surface area contributed by atoms with Crippen molar-refractivity contribution in [3.8, 4) is 0 Å². The first kappa shape index (κ1) is 14.5. The topological polar surface area (TPSA) is 50.4 Å². The van der Waals surface area contributed by atoms with Gasteiger partial charge in [0.2, 0.25) is 5.91 Å². The third kappa shape index (κ3) is 6.03. The summed E-state index contributed by atoms with van der Waals surface area (Å²) in [5, 5.41) is 6.34. The van der Waals surface area contributed by atoms with Crippen LogP contribution in [0.25, 0.3) is 0 Å². The van der Waals surface area contributed by atoms with E-state index in [0.717, 1.165) is 39.0 Å². The van der Waals surface area contributed by atoms with Crippen LogP contribution in [0.15, 0.2) is 0 Å². The molecule has 1 heterocycles. The van der Waals surface area contributed by atoms with E-state index in [2.05, 4.69) is 24.5 Å². The van der Waals surface area contributed by atoms with Crippen molar-refractivity contribution in [2.45, 2.75) is 52.1 Å². The Morgan fingerprint density at radius 1 is 1.29 bits per heavy atom. The Bertz CT molecular complexity index is 223. The van der Waals surface area contributed by atoms with E-state index >= 15 is 0 Å². The molecule has 0 aromatic heterocycles. The first-order chi connectivity index (χ1) is 8.09. The Kier molecular flexibility index (Phi) is 6.52. The number of hydrogen-bond acceptors (Lipinski definition) is 3. The van der Waals surface area contributed by atoms with Crippen molar-refractivity contribution in [2.24, 2.45) is 5.92 Å². The maximum absolute atomic E-state index is 11.8. The number of nitrogens with one attached hydrogen (secondary N) is 2. The first-order valence-corrected chi connectivity index (χ1v) is 6.71. The molecule has 0 aromatic rings. The summed E-state index contributed by atoms with van der Waals surface area (Å²) >= 11 is 0. The van der Waals surface area contributed by atoms with Gasteiger partial charge in [-0.3, -0.25) is 4.79 Å². The van der Waals surface area contributed by atoms with E-state index in [1.807, 2.05) is 6.92 Å². The molecule has 17 heavy (non-hydrogen) atoms. The molecule has 0 spiro atoms. The van der Waals surface area contributed by atoms with Crippen LogP contribution >= 0.6 is 0 Å². The standard InChI is InChI=1S/C13H26N2O2/c1-10(2)9-14-13(16)11(3)15-12-5-4-7-17-8-6-12/h10-12,15H,4-9H2,1-3H3,(H,14,16). The highest BCUT2D eigenvalue weighted by Crippen LogP contribution is 2.08. The molecule has 2 unspecified atom stereocenters. The highest BCUT2D eigenvalue weighted by molar-refractivity contribution is 5.81. The first-order valence-electron chi connectivity index (χ1n) is 6.71. The minimum atomic E-state index is -0.114. The highest BCUT2D eigenvalue weighted by Gasteiger charge is 2.18. The van der Waals surface area contributed by atoms with E-state index in [0.29, 0.717) is 12.0 Å². The minimum Gasteiger partial charge on any atom is -0.381 e. The lowest BCUT2D eigenvalue weighted by Gasteiger charge is -2.21. The van der Waals surface area contributed by atoms with Crippen LogP contribution in [0.2, 0.25) is 0 Å². The van der Waals surface area contributed by atoms with Crippen LogP contribution in [0.1, 0.15) is 40.0 Å². The molecule has 0 saturated carbocycles. The van der Waals surface area contributed by atoms with Gasteiger partial charge in [-0.25, -0.2) is 0 Å². The summed E-state index contributed by atoms with van der Waals surface area (Å²) in [6, 6.07) is 0.300. The second-order valence-corrected chi connectivity index (χ2v) is 5.27. The third-order valence-corrected chi connectivity index (χ3v) is 3.02. The number of hydrogen-bond donors (Lipinski definition) is 2. The molecule has 1 saturated heterocycles. The van der Waals surface area contributed by atoms with Gasteiger partial charge in [-0.2, -0.15) is 0 Å². The van der Waals surface area contributed by atoms with E-state index in [1.54, 1.807) is 0 Å². The van der Waals surface area contributed by atoms with Crippen molar-refractivity contribution in [1.82, 2.24) is 10.6 Å². The Morgan fingerprint density at radius 2 is 2.06 bits per heavy atom. The molecule has 0 radical (unpaired) electrons. The fourth-order valence-electron chi connectivity index (χ4n) is 1.96. The van der Waals surface area contributed by atoms with E-state index in [9.17, 15) is 4.79 Å². The summed E-state index contributed by atoms with van der Waals surface area (Å²) in [5.74, 6) is 0.598. The monoisotopic (exact) mass is 242 g/mol. The van der Waals surface area contributed by atoms with E-state index < -0.39 is 0 Å². The van der Waals surface area contributed by atoms with Gasteiger partial charge in [0.25, 0.3) is 0 Å². The van der Waals surface area contributed by atoms with Crippen molar-refractivity contribution < 1.29 is 9.53 Å². The normalized spacial score (nSPS) is 23.2. The van der Waals surface area contributed by atoms with Gasteiger partial charge in [0.1, 0.15) is 0 Å². The lowest BCUT2D eigenvalue weighted by molar-refractivity contribution is -0.123.